The molecule has 1 aromatic carbocycles. The van der Waals surface area contributed by atoms with Gasteiger partial charge in [-0.1, -0.05) is 30.3 Å². The van der Waals surface area contributed by atoms with E-state index in [0.29, 0.717) is 6.61 Å². The van der Waals surface area contributed by atoms with Gasteiger partial charge in [0.2, 0.25) is 0 Å². The smallest absolute Gasteiger partial charge is 0.180 e. The highest BCUT2D eigenvalue weighted by molar-refractivity contribution is 9.10. The van der Waals surface area contributed by atoms with Crippen LogP contribution in [0.25, 0.3) is 5.65 Å². The largest absolute Gasteiger partial charge is 0.485 e. The zero-order valence-electron chi connectivity index (χ0n) is 9.58. The molecule has 0 saturated heterocycles. The van der Waals surface area contributed by atoms with Gasteiger partial charge in [0.25, 0.3) is 0 Å². The maximum Gasteiger partial charge on any atom is 0.180 e. The number of hydrogen-bond donors (Lipinski definition) is 0. The van der Waals surface area contributed by atoms with E-state index >= 15 is 0 Å². The first-order chi connectivity index (χ1) is 8.84. The lowest BCUT2D eigenvalue weighted by atomic mass is 10.2. The number of imidazole rings is 1. The zero-order valence-corrected chi connectivity index (χ0v) is 11.2. The van der Waals surface area contributed by atoms with Crippen molar-refractivity contribution in [2.24, 2.45) is 0 Å². The van der Waals surface area contributed by atoms with Gasteiger partial charge in [-0.2, -0.15) is 0 Å². The normalized spacial score (nSPS) is 10.7. The molecule has 0 fully saturated rings. The molecule has 0 amide bonds. The van der Waals surface area contributed by atoms with Gasteiger partial charge in [-0.3, -0.25) is 4.40 Å². The molecule has 3 aromatic rings. The maximum absolute atomic E-state index is 5.81. The van der Waals surface area contributed by atoms with Crippen LogP contribution in [0, 0.1) is 0 Å². The summed E-state index contributed by atoms with van der Waals surface area (Å²) in [5.74, 6) is 0.784. The van der Waals surface area contributed by atoms with E-state index < -0.39 is 0 Å². The van der Waals surface area contributed by atoms with E-state index in [2.05, 4.69) is 20.9 Å². The molecule has 0 saturated carbocycles. The molecule has 0 radical (unpaired) electrons. The van der Waals surface area contributed by atoms with Gasteiger partial charge in [0, 0.05) is 12.4 Å². The lowest BCUT2D eigenvalue weighted by Crippen LogP contribution is -1.98. The van der Waals surface area contributed by atoms with Crippen molar-refractivity contribution in [2.75, 3.05) is 0 Å². The second-order valence-electron chi connectivity index (χ2n) is 3.92. The van der Waals surface area contributed by atoms with Gasteiger partial charge >= 0.3 is 0 Å². The van der Waals surface area contributed by atoms with E-state index in [1.54, 1.807) is 6.20 Å². The Bertz CT molecular complexity index is 664. The molecule has 0 aliphatic rings. The van der Waals surface area contributed by atoms with Crippen molar-refractivity contribution < 1.29 is 4.74 Å². The van der Waals surface area contributed by atoms with Crippen LogP contribution < -0.4 is 4.74 Å². The highest BCUT2D eigenvalue weighted by Gasteiger charge is 2.06. The Kier molecular flexibility index (Phi) is 3.02. The summed E-state index contributed by atoms with van der Waals surface area (Å²) in [5, 5.41) is 0. The minimum atomic E-state index is 0.547. The first-order valence-electron chi connectivity index (χ1n) is 5.63. The standard InChI is InChI=1S/C14H11BrN2O/c15-13-7-6-12(14-16-8-9-17(13)14)18-10-11-4-2-1-3-5-11/h1-9H,10H2. The Labute approximate surface area is 113 Å². The van der Waals surface area contributed by atoms with Crippen molar-refractivity contribution in [1.29, 1.82) is 0 Å². The van der Waals surface area contributed by atoms with Gasteiger partial charge in [-0.15, -0.1) is 0 Å². The van der Waals surface area contributed by atoms with Gasteiger partial charge in [0.05, 0.1) is 4.60 Å². The molecule has 2 heterocycles. The summed E-state index contributed by atoms with van der Waals surface area (Å²) >= 11 is 3.47. The summed E-state index contributed by atoms with van der Waals surface area (Å²) in [6.45, 7) is 0.547. The SMILES string of the molecule is Brc1ccc(OCc2ccccc2)c2nccn12. The van der Waals surface area contributed by atoms with Gasteiger partial charge in [0.15, 0.2) is 11.4 Å². The summed E-state index contributed by atoms with van der Waals surface area (Å²) in [6.07, 6.45) is 3.66. The second kappa shape index (κ2) is 4.82. The van der Waals surface area contributed by atoms with E-state index in [4.69, 9.17) is 4.74 Å². The van der Waals surface area contributed by atoms with E-state index in [1.807, 2.05) is 53.1 Å². The molecule has 0 aliphatic carbocycles. The Morgan fingerprint density at radius 2 is 1.94 bits per heavy atom. The number of hydrogen-bond acceptors (Lipinski definition) is 2. The molecule has 0 atom stereocenters. The summed E-state index contributed by atoms with van der Waals surface area (Å²) in [5.41, 5.74) is 1.96. The van der Waals surface area contributed by atoms with Gasteiger partial charge in [-0.25, -0.2) is 4.98 Å². The molecule has 0 unspecified atom stereocenters. The van der Waals surface area contributed by atoms with Crippen molar-refractivity contribution in [3.8, 4) is 5.75 Å². The predicted octanol–water partition coefficient (Wildman–Crippen LogP) is 3.68. The number of aromatic nitrogens is 2. The lowest BCUT2D eigenvalue weighted by Gasteiger charge is -2.08. The van der Waals surface area contributed by atoms with Crippen molar-refractivity contribution >= 4 is 21.6 Å². The first-order valence-corrected chi connectivity index (χ1v) is 6.42. The molecule has 4 heteroatoms. The average Bonchev–Trinajstić information content (AvgIpc) is 2.90. The van der Waals surface area contributed by atoms with Crippen LogP contribution >= 0.6 is 15.9 Å². The minimum absolute atomic E-state index is 0.547. The molecule has 90 valence electrons. The van der Waals surface area contributed by atoms with Crippen molar-refractivity contribution in [3.63, 3.8) is 0 Å². The van der Waals surface area contributed by atoms with Crippen molar-refractivity contribution in [2.45, 2.75) is 6.61 Å². The third-order valence-corrected chi connectivity index (χ3v) is 3.35. The fourth-order valence-electron chi connectivity index (χ4n) is 1.81. The highest BCUT2D eigenvalue weighted by Crippen LogP contribution is 2.23. The number of benzene rings is 1. The second-order valence-corrected chi connectivity index (χ2v) is 4.73. The molecule has 0 N–H and O–H groups in total. The summed E-state index contributed by atoms with van der Waals surface area (Å²) in [7, 11) is 0. The van der Waals surface area contributed by atoms with E-state index in [1.165, 1.54) is 0 Å². The predicted molar refractivity (Wildman–Crippen MR) is 73.7 cm³/mol. The van der Waals surface area contributed by atoms with Crippen LogP contribution in [0.2, 0.25) is 0 Å². The van der Waals surface area contributed by atoms with Crippen LogP contribution in [0.15, 0.2) is 59.5 Å². The molecule has 3 nitrogen and oxygen atoms in total. The number of fused-ring (bicyclic) bond motifs is 1. The van der Waals surface area contributed by atoms with E-state index in [9.17, 15) is 0 Å². The molecule has 0 spiro atoms. The number of pyridine rings is 1. The fourth-order valence-corrected chi connectivity index (χ4v) is 2.22. The van der Waals surface area contributed by atoms with Crippen LogP contribution in [0.5, 0.6) is 5.75 Å². The Morgan fingerprint density at radius 3 is 2.78 bits per heavy atom. The molecule has 0 aliphatic heterocycles. The fraction of sp³-hybridized carbons (Fsp3) is 0.0714. The monoisotopic (exact) mass is 302 g/mol. The first kappa shape index (κ1) is 11.3. The van der Waals surface area contributed by atoms with Crippen LogP contribution in [-0.4, -0.2) is 9.38 Å². The maximum atomic E-state index is 5.81. The Hall–Kier alpha value is -1.81. The molecule has 2 aromatic heterocycles. The molecular weight excluding hydrogens is 292 g/mol. The van der Waals surface area contributed by atoms with Crippen LogP contribution in [0.3, 0.4) is 0 Å². The van der Waals surface area contributed by atoms with Crippen LogP contribution in [-0.2, 0) is 6.61 Å². The van der Waals surface area contributed by atoms with E-state index in [0.717, 1.165) is 21.6 Å². The molecular formula is C14H11BrN2O. The topological polar surface area (TPSA) is 26.5 Å². The van der Waals surface area contributed by atoms with Crippen molar-refractivity contribution in [3.05, 3.63) is 65.0 Å². The minimum Gasteiger partial charge on any atom is -0.485 e. The zero-order chi connectivity index (χ0) is 12.4. The molecule has 18 heavy (non-hydrogen) atoms. The van der Waals surface area contributed by atoms with E-state index in [-0.39, 0.29) is 0 Å². The number of ether oxygens (including phenoxy) is 1. The summed E-state index contributed by atoms with van der Waals surface area (Å²) < 4.78 is 8.72. The Balaban J connectivity index is 1.87. The van der Waals surface area contributed by atoms with Gasteiger partial charge in [0.1, 0.15) is 6.61 Å². The summed E-state index contributed by atoms with van der Waals surface area (Å²) in [6, 6.07) is 14.0. The third kappa shape index (κ3) is 2.11. The number of rotatable bonds is 3. The third-order valence-electron chi connectivity index (χ3n) is 2.70. The van der Waals surface area contributed by atoms with Crippen LogP contribution in [0.1, 0.15) is 5.56 Å². The molecule has 3 rings (SSSR count). The quantitative estimate of drug-likeness (QED) is 0.690. The van der Waals surface area contributed by atoms with Crippen LogP contribution in [0.4, 0.5) is 0 Å². The Morgan fingerprint density at radius 1 is 1.11 bits per heavy atom. The molecule has 0 bridgehead atoms. The van der Waals surface area contributed by atoms with Gasteiger partial charge in [-0.05, 0) is 33.6 Å². The van der Waals surface area contributed by atoms with Crippen molar-refractivity contribution in [1.82, 2.24) is 9.38 Å². The lowest BCUT2D eigenvalue weighted by molar-refractivity contribution is 0.308. The highest BCUT2D eigenvalue weighted by atomic mass is 79.9. The number of halogens is 1. The number of nitrogens with zero attached hydrogens (tertiary/aromatic N) is 2. The summed E-state index contributed by atoms with van der Waals surface area (Å²) in [4.78, 5) is 4.30. The van der Waals surface area contributed by atoms with Gasteiger partial charge < -0.3 is 4.74 Å². The average molecular weight is 303 g/mol.